The molecule has 0 radical (unpaired) electrons. The molecule has 0 aliphatic rings. The van der Waals surface area contributed by atoms with Crippen LogP contribution in [0, 0.1) is 5.82 Å². The summed E-state index contributed by atoms with van der Waals surface area (Å²) in [6, 6.07) is 8.40. The second-order valence-electron chi connectivity index (χ2n) is 3.92. The average molecular weight is 333 g/mol. The van der Waals surface area contributed by atoms with Gasteiger partial charge in [0.2, 0.25) is 0 Å². The molecule has 0 fully saturated rings. The van der Waals surface area contributed by atoms with Crippen LogP contribution in [0.3, 0.4) is 0 Å². The summed E-state index contributed by atoms with van der Waals surface area (Å²) in [5.41, 5.74) is 0.630. The Morgan fingerprint density at radius 2 is 2.17 bits per heavy atom. The van der Waals surface area contributed by atoms with Crippen molar-refractivity contribution in [2.75, 3.05) is 7.05 Å². The summed E-state index contributed by atoms with van der Waals surface area (Å²) in [6.07, 6.45) is 0.499. The normalized spacial score (nSPS) is 12.7. The van der Waals surface area contributed by atoms with Crippen molar-refractivity contribution in [2.45, 2.75) is 12.5 Å². The van der Waals surface area contributed by atoms with Crippen molar-refractivity contribution < 1.29 is 8.81 Å². The molecule has 0 aliphatic heterocycles. The van der Waals surface area contributed by atoms with Crippen molar-refractivity contribution in [3.8, 4) is 0 Å². The van der Waals surface area contributed by atoms with Gasteiger partial charge in [0, 0.05) is 4.47 Å². The number of nitrogens with one attached hydrogen (secondary N) is 1. The average Bonchev–Trinajstić information content (AvgIpc) is 2.75. The number of hydrogen-bond donors (Lipinski definition) is 1. The fourth-order valence-electron chi connectivity index (χ4n) is 1.77. The SMILES string of the molecule is CNC(Cc1ccc(Br)cc1F)c1ccc(Cl)o1. The van der Waals surface area contributed by atoms with Crippen molar-refractivity contribution in [2.24, 2.45) is 0 Å². The van der Waals surface area contributed by atoms with E-state index < -0.39 is 0 Å². The molecule has 0 saturated heterocycles. The van der Waals surface area contributed by atoms with E-state index in [-0.39, 0.29) is 11.9 Å². The Bertz CT molecular complexity index is 544. The fraction of sp³-hybridized carbons (Fsp3) is 0.231. The van der Waals surface area contributed by atoms with Crippen LogP contribution in [0.2, 0.25) is 5.22 Å². The highest BCUT2D eigenvalue weighted by molar-refractivity contribution is 9.10. The Hall–Kier alpha value is -0.840. The van der Waals surface area contributed by atoms with E-state index in [0.29, 0.717) is 23.0 Å². The highest BCUT2D eigenvalue weighted by Crippen LogP contribution is 2.25. The van der Waals surface area contributed by atoms with E-state index in [9.17, 15) is 4.39 Å². The largest absolute Gasteiger partial charge is 0.448 e. The molecule has 2 aromatic rings. The quantitative estimate of drug-likeness (QED) is 0.901. The lowest BCUT2D eigenvalue weighted by Gasteiger charge is -2.14. The summed E-state index contributed by atoms with van der Waals surface area (Å²) >= 11 is 8.98. The van der Waals surface area contributed by atoms with Crippen molar-refractivity contribution >= 4 is 27.5 Å². The molecule has 2 nitrogen and oxygen atoms in total. The van der Waals surface area contributed by atoms with Gasteiger partial charge in [0.15, 0.2) is 5.22 Å². The number of likely N-dealkylation sites (N-methyl/N-ethyl adjacent to an activating group) is 1. The van der Waals surface area contributed by atoms with Gasteiger partial charge in [-0.05, 0) is 54.9 Å². The fourth-order valence-corrected chi connectivity index (χ4v) is 2.25. The van der Waals surface area contributed by atoms with E-state index in [1.807, 2.05) is 6.07 Å². The molecule has 2 rings (SSSR count). The van der Waals surface area contributed by atoms with Gasteiger partial charge < -0.3 is 9.73 Å². The Morgan fingerprint density at radius 3 is 2.72 bits per heavy atom. The van der Waals surface area contributed by atoms with Crippen molar-refractivity contribution in [3.63, 3.8) is 0 Å². The second kappa shape index (κ2) is 5.87. The molecule has 5 heteroatoms. The van der Waals surface area contributed by atoms with Crippen molar-refractivity contribution in [1.29, 1.82) is 0 Å². The van der Waals surface area contributed by atoms with Crippen LogP contribution in [0.1, 0.15) is 17.4 Å². The first-order chi connectivity index (χ1) is 8.60. The molecule has 0 spiro atoms. The lowest BCUT2D eigenvalue weighted by molar-refractivity contribution is 0.426. The third-order valence-electron chi connectivity index (χ3n) is 2.73. The van der Waals surface area contributed by atoms with Crippen LogP contribution in [-0.4, -0.2) is 7.05 Å². The predicted octanol–water partition coefficient (Wildman–Crippen LogP) is 4.34. The van der Waals surface area contributed by atoms with E-state index in [0.717, 1.165) is 4.47 Å². The maximum Gasteiger partial charge on any atom is 0.193 e. The van der Waals surface area contributed by atoms with Gasteiger partial charge in [0.25, 0.3) is 0 Å². The monoisotopic (exact) mass is 331 g/mol. The zero-order valence-electron chi connectivity index (χ0n) is 9.71. The van der Waals surface area contributed by atoms with Crippen molar-refractivity contribution in [3.05, 3.63) is 57.2 Å². The van der Waals surface area contributed by atoms with Gasteiger partial charge in [-0.1, -0.05) is 22.0 Å². The molecular formula is C13H12BrClFNO. The minimum Gasteiger partial charge on any atom is -0.448 e. The number of halogens is 3. The van der Waals surface area contributed by atoms with Gasteiger partial charge in [0.1, 0.15) is 11.6 Å². The highest BCUT2D eigenvalue weighted by Gasteiger charge is 2.16. The van der Waals surface area contributed by atoms with Gasteiger partial charge >= 0.3 is 0 Å². The maximum atomic E-state index is 13.8. The Labute approximate surface area is 118 Å². The maximum absolute atomic E-state index is 13.8. The Balaban J connectivity index is 2.20. The zero-order valence-corrected chi connectivity index (χ0v) is 12.1. The van der Waals surface area contributed by atoms with E-state index >= 15 is 0 Å². The van der Waals surface area contributed by atoms with E-state index in [1.165, 1.54) is 6.07 Å². The highest BCUT2D eigenvalue weighted by atomic mass is 79.9. The lowest BCUT2D eigenvalue weighted by atomic mass is 10.0. The summed E-state index contributed by atoms with van der Waals surface area (Å²) in [5.74, 6) is 0.465. The van der Waals surface area contributed by atoms with Gasteiger partial charge in [-0.25, -0.2) is 4.39 Å². The standard InChI is InChI=1S/C13H12BrClFNO/c1-17-11(12-4-5-13(15)18-12)6-8-2-3-9(14)7-10(8)16/h2-5,7,11,17H,6H2,1H3. The summed E-state index contributed by atoms with van der Waals surface area (Å²) < 4.78 is 19.8. The van der Waals surface area contributed by atoms with Crippen LogP contribution in [0.4, 0.5) is 4.39 Å². The van der Waals surface area contributed by atoms with Gasteiger partial charge in [-0.15, -0.1) is 0 Å². The molecule has 0 amide bonds. The number of hydrogen-bond acceptors (Lipinski definition) is 2. The molecule has 18 heavy (non-hydrogen) atoms. The molecule has 96 valence electrons. The van der Waals surface area contributed by atoms with Crippen LogP contribution >= 0.6 is 27.5 Å². The molecule has 1 aromatic carbocycles. The number of furan rings is 1. The molecule has 1 atom stereocenters. The number of rotatable bonds is 4. The van der Waals surface area contributed by atoms with Crippen LogP contribution in [0.5, 0.6) is 0 Å². The van der Waals surface area contributed by atoms with Crippen LogP contribution in [-0.2, 0) is 6.42 Å². The van der Waals surface area contributed by atoms with Crippen LogP contribution in [0.15, 0.2) is 39.2 Å². The summed E-state index contributed by atoms with van der Waals surface area (Å²) in [7, 11) is 1.80. The molecular weight excluding hydrogens is 321 g/mol. The first-order valence-corrected chi connectivity index (χ1v) is 6.63. The third kappa shape index (κ3) is 3.13. The zero-order chi connectivity index (χ0) is 13.1. The van der Waals surface area contributed by atoms with Crippen LogP contribution < -0.4 is 5.32 Å². The summed E-state index contributed by atoms with van der Waals surface area (Å²) in [6.45, 7) is 0. The molecule has 1 N–H and O–H groups in total. The van der Waals surface area contributed by atoms with Gasteiger partial charge in [-0.3, -0.25) is 0 Å². The minimum absolute atomic E-state index is 0.104. The molecule has 0 bridgehead atoms. The minimum atomic E-state index is -0.234. The predicted molar refractivity (Wildman–Crippen MR) is 73.3 cm³/mol. The van der Waals surface area contributed by atoms with Crippen molar-refractivity contribution in [1.82, 2.24) is 5.32 Å². The second-order valence-corrected chi connectivity index (χ2v) is 5.21. The molecule has 1 aromatic heterocycles. The summed E-state index contributed by atoms with van der Waals surface area (Å²) in [5, 5.41) is 3.43. The summed E-state index contributed by atoms with van der Waals surface area (Å²) in [4.78, 5) is 0. The van der Waals surface area contributed by atoms with Gasteiger partial charge in [0.05, 0.1) is 6.04 Å². The first kappa shape index (κ1) is 13.6. The Kier molecular flexibility index (Phi) is 4.43. The molecule has 1 heterocycles. The van der Waals surface area contributed by atoms with Gasteiger partial charge in [-0.2, -0.15) is 0 Å². The van der Waals surface area contributed by atoms with Crippen LogP contribution in [0.25, 0.3) is 0 Å². The first-order valence-electron chi connectivity index (χ1n) is 5.46. The number of benzene rings is 1. The van der Waals surface area contributed by atoms with E-state index in [4.69, 9.17) is 16.0 Å². The van der Waals surface area contributed by atoms with E-state index in [2.05, 4.69) is 21.2 Å². The molecule has 1 unspecified atom stereocenters. The smallest absolute Gasteiger partial charge is 0.193 e. The molecule has 0 saturated carbocycles. The lowest BCUT2D eigenvalue weighted by Crippen LogP contribution is -2.18. The Morgan fingerprint density at radius 1 is 1.39 bits per heavy atom. The van der Waals surface area contributed by atoms with E-state index in [1.54, 1.807) is 25.2 Å². The molecule has 0 aliphatic carbocycles. The third-order valence-corrected chi connectivity index (χ3v) is 3.42. The topological polar surface area (TPSA) is 25.2 Å².